The van der Waals surface area contributed by atoms with Crippen LogP contribution in [0.1, 0.15) is 38.4 Å². The van der Waals surface area contributed by atoms with Crippen molar-refractivity contribution in [3.8, 4) is 0 Å². The highest BCUT2D eigenvalue weighted by Gasteiger charge is 2.33. The number of benzene rings is 1. The molecule has 1 aliphatic rings. The molecular formula is C15H22N2O2. The second-order valence-corrected chi connectivity index (χ2v) is 5.03. The molecule has 1 amide bonds. The van der Waals surface area contributed by atoms with Gasteiger partial charge in [0.25, 0.3) is 5.91 Å². The molecule has 0 bridgehead atoms. The van der Waals surface area contributed by atoms with Crippen LogP contribution in [0.25, 0.3) is 0 Å². The van der Waals surface area contributed by atoms with E-state index in [4.69, 9.17) is 0 Å². The molecule has 4 heteroatoms. The summed E-state index contributed by atoms with van der Waals surface area (Å²) < 4.78 is 0. The molecule has 0 aromatic heterocycles. The number of aliphatic hydroxyl groups is 1. The van der Waals surface area contributed by atoms with Gasteiger partial charge in [-0.1, -0.05) is 19.9 Å². The summed E-state index contributed by atoms with van der Waals surface area (Å²) >= 11 is 0. The summed E-state index contributed by atoms with van der Waals surface area (Å²) in [6.07, 6.45) is 1.18. The first kappa shape index (κ1) is 13.9. The van der Waals surface area contributed by atoms with Gasteiger partial charge in [0.15, 0.2) is 6.10 Å². The Morgan fingerprint density at radius 1 is 1.26 bits per heavy atom. The summed E-state index contributed by atoms with van der Waals surface area (Å²) in [7, 11) is 1.71. The van der Waals surface area contributed by atoms with Crippen molar-refractivity contribution >= 4 is 17.3 Å². The molecule has 0 radical (unpaired) electrons. The van der Waals surface area contributed by atoms with E-state index in [-0.39, 0.29) is 5.91 Å². The van der Waals surface area contributed by atoms with Crippen LogP contribution < -0.4 is 9.80 Å². The number of aliphatic hydroxyl groups excluding tert-OH is 1. The van der Waals surface area contributed by atoms with E-state index in [1.165, 1.54) is 0 Å². The van der Waals surface area contributed by atoms with Gasteiger partial charge in [0.1, 0.15) is 0 Å². The SMILES string of the molecule is CCCN(CCC)c1ccc2c(c1)N(C)C(=O)C2O. The average molecular weight is 262 g/mol. The maximum Gasteiger partial charge on any atom is 0.260 e. The fourth-order valence-electron chi connectivity index (χ4n) is 2.60. The summed E-state index contributed by atoms with van der Waals surface area (Å²) in [5.41, 5.74) is 2.66. The van der Waals surface area contributed by atoms with Gasteiger partial charge in [0.2, 0.25) is 0 Å². The molecule has 2 rings (SSSR count). The van der Waals surface area contributed by atoms with Crippen LogP contribution in [0.5, 0.6) is 0 Å². The monoisotopic (exact) mass is 262 g/mol. The molecule has 4 nitrogen and oxygen atoms in total. The van der Waals surface area contributed by atoms with Gasteiger partial charge >= 0.3 is 0 Å². The Bertz CT molecular complexity index is 467. The lowest BCUT2D eigenvalue weighted by Gasteiger charge is -2.25. The van der Waals surface area contributed by atoms with Gasteiger partial charge in [0, 0.05) is 31.4 Å². The lowest BCUT2D eigenvalue weighted by Crippen LogP contribution is -2.25. The number of hydrogen-bond acceptors (Lipinski definition) is 3. The van der Waals surface area contributed by atoms with E-state index in [0.29, 0.717) is 5.56 Å². The Labute approximate surface area is 114 Å². The molecule has 0 fully saturated rings. The highest BCUT2D eigenvalue weighted by molar-refractivity contribution is 6.03. The number of amides is 1. The van der Waals surface area contributed by atoms with Crippen molar-refractivity contribution in [2.45, 2.75) is 32.8 Å². The molecule has 0 saturated heterocycles. The third-order valence-corrected chi connectivity index (χ3v) is 3.59. The molecular weight excluding hydrogens is 240 g/mol. The summed E-state index contributed by atoms with van der Waals surface area (Å²) in [6, 6.07) is 5.88. The fourth-order valence-corrected chi connectivity index (χ4v) is 2.60. The van der Waals surface area contributed by atoms with Crippen LogP contribution in [0.3, 0.4) is 0 Å². The van der Waals surface area contributed by atoms with Crippen LogP contribution in [0.15, 0.2) is 18.2 Å². The first-order valence-electron chi connectivity index (χ1n) is 6.94. The van der Waals surface area contributed by atoms with Crippen LogP contribution in [0.4, 0.5) is 11.4 Å². The number of likely N-dealkylation sites (N-methyl/N-ethyl adjacent to an activating group) is 1. The molecule has 1 unspecified atom stereocenters. The van der Waals surface area contributed by atoms with Gasteiger partial charge in [-0.05, 0) is 25.0 Å². The number of anilines is 2. The molecule has 1 aromatic rings. The second-order valence-electron chi connectivity index (χ2n) is 5.03. The molecule has 1 aromatic carbocycles. The summed E-state index contributed by atoms with van der Waals surface area (Å²) in [5.74, 6) is -0.246. The predicted molar refractivity (Wildman–Crippen MR) is 77.6 cm³/mol. The van der Waals surface area contributed by atoms with Crippen LogP contribution in [-0.2, 0) is 4.79 Å². The minimum absolute atomic E-state index is 0.246. The molecule has 1 aliphatic heterocycles. The topological polar surface area (TPSA) is 43.8 Å². The van der Waals surface area contributed by atoms with Crippen LogP contribution in [-0.4, -0.2) is 31.2 Å². The highest BCUT2D eigenvalue weighted by Crippen LogP contribution is 2.37. The molecule has 104 valence electrons. The van der Waals surface area contributed by atoms with E-state index in [1.807, 2.05) is 18.2 Å². The third kappa shape index (κ3) is 2.45. The van der Waals surface area contributed by atoms with Gasteiger partial charge in [-0.2, -0.15) is 0 Å². The maximum atomic E-state index is 11.8. The van der Waals surface area contributed by atoms with E-state index in [0.717, 1.165) is 37.3 Å². The van der Waals surface area contributed by atoms with Gasteiger partial charge in [-0.3, -0.25) is 4.79 Å². The molecule has 19 heavy (non-hydrogen) atoms. The number of fused-ring (bicyclic) bond motifs is 1. The van der Waals surface area contributed by atoms with Crippen molar-refractivity contribution < 1.29 is 9.90 Å². The smallest absolute Gasteiger partial charge is 0.260 e. The quantitative estimate of drug-likeness (QED) is 0.885. The molecule has 1 N–H and O–H groups in total. The van der Waals surface area contributed by atoms with E-state index in [1.54, 1.807) is 11.9 Å². The van der Waals surface area contributed by atoms with E-state index in [9.17, 15) is 9.90 Å². The third-order valence-electron chi connectivity index (χ3n) is 3.59. The lowest BCUT2D eigenvalue weighted by atomic mass is 10.1. The standard InChI is InChI=1S/C15H22N2O2/c1-4-8-17(9-5-2)11-6-7-12-13(10-11)16(3)15(19)14(12)18/h6-7,10,14,18H,4-5,8-9H2,1-3H3. The van der Waals surface area contributed by atoms with Crippen molar-refractivity contribution in [2.75, 3.05) is 29.9 Å². The van der Waals surface area contributed by atoms with Crippen molar-refractivity contribution in [3.05, 3.63) is 23.8 Å². The Morgan fingerprint density at radius 2 is 1.89 bits per heavy atom. The van der Waals surface area contributed by atoms with Gasteiger partial charge in [0.05, 0.1) is 5.69 Å². The molecule has 0 saturated carbocycles. The number of rotatable bonds is 5. The summed E-state index contributed by atoms with van der Waals surface area (Å²) in [6.45, 7) is 6.34. The molecule has 0 spiro atoms. The van der Waals surface area contributed by atoms with Crippen LogP contribution >= 0.6 is 0 Å². The number of hydrogen-bond donors (Lipinski definition) is 1. The van der Waals surface area contributed by atoms with Gasteiger partial charge < -0.3 is 14.9 Å². The Kier molecular flexibility index (Phi) is 4.10. The van der Waals surface area contributed by atoms with Gasteiger partial charge in [-0.15, -0.1) is 0 Å². The fraction of sp³-hybridized carbons (Fsp3) is 0.533. The highest BCUT2D eigenvalue weighted by atomic mass is 16.3. The van der Waals surface area contributed by atoms with E-state index >= 15 is 0 Å². The first-order chi connectivity index (χ1) is 9.10. The van der Waals surface area contributed by atoms with Crippen molar-refractivity contribution in [1.29, 1.82) is 0 Å². The van der Waals surface area contributed by atoms with E-state index < -0.39 is 6.10 Å². The largest absolute Gasteiger partial charge is 0.378 e. The molecule has 1 heterocycles. The lowest BCUT2D eigenvalue weighted by molar-refractivity contribution is -0.125. The minimum atomic E-state index is -1.00. The Balaban J connectivity index is 2.33. The number of nitrogens with zero attached hydrogens (tertiary/aromatic N) is 2. The second kappa shape index (κ2) is 5.61. The van der Waals surface area contributed by atoms with Crippen molar-refractivity contribution in [2.24, 2.45) is 0 Å². The Hall–Kier alpha value is -1.55. The molecule has 1 atom stereocenters. The molecule has 0 aliphatic carbocycles. The zero-order chi connectivity index (χ0) is 14.0. The minimum Gasteiger partial charge on any atom is -0.378 e. The number of carbonyl (C=O) groups is 1. The van der Waals surface area contributed by atoms with Crippen molar-refractivity contribution in [3.63, 3.8) is 0 Å². The van der Waals surface area contributed by atoms with Crippen molar-refractivity contribution in [1.82, 2.24) is 0 Å². The number of carbonyl (C=O) groups excluding carboxylic acids is 1. The van der Waals surface area contributed by atoms with Crippen LogP contribution in [0, 0.1) is 0 Å². The zero-order valence-electron chi connectivity index (χ0n) is 11.9. The predicted octanol–water partition coefficient (Wildman–Crippen LogP) is 2.32. The van der Waals surface area contributed by atoms with Gasteiger partial charge in [-0.25, -0.2) is 0 Å². The zero-order valence-corrected chi connectivity index (χ0v) is 11.9. The van der Waals surface area contributed by atoms with E-state index in [2.05, 4.69) is 18.7 Å². The normalized spacial score (nSPS) is 17.8. The van der Waals surface area contributed by atoms with Crippen LogP contribution in [0.2, 0.25) is 0 Å². The Morgan fingerprint density at radius 3 is 2.47 bits per heavy atom. The summed E-state index contributed by atoms with van der Waals surface area (Å²) in [4.78, 5) is 15.6. The average Bonchev–Trinajstić information content (AvgIpc) is 2.63. The first-order valence-corrected chi connectivity index (χ1v) is 6.94. The summed E-state index contributed by atoms with van der Waals surface area (Å²) in [5, 5.41) is 9.85. The maximum absolute atomic E-state index is 11.8.